The van der Waals surface area contributed by atoms with E-state index in [4.69, 9.17) is 19.3 Å². The maximum Gasteiger partial charge on any atom is 0.347 e. The van der Waals surface area contributed by atoms with Crippen LogP contribution in [0.15, 0.2) is 40.9 Å². The molecule has 0 aliphatic heterocycles. The number of nitriles is 1. The Bertz CT molecular complexity index is 1120. The molecule has 0 aliphatic carbocycles. The van der Waals surface area contributed by atoms with Gasteiger partial charge in [-0.25, -0.2) is 4.79 Å². The fourth-order valence-corrected chi connectivity index (χ4v) is 3.05. The van der Waals surface area contributed by atoms with E-state index >= 15 is 0 Å². The number of esters is 1. The van der Waals surface area contributed by atoms with Gasteiger partial charge in [0.15, 0.2) is 18.5 Å². The quantitative estimate of drug-likeness (QED) is 0.436. The van der Waals surface area contributed by atoms with Crippen molar-refractivity contribution < 1.29 is 23.6 Å². The number of hydrogen-bond acceptors (Lipinski definition) is 7. The molecule has 0 amide bonds. The van der Waals surface area contributed by atoms with E-state index < -0.39 is 18.7 Å². The zero-order valence-corrected chi connectivity index (χ0v) is 17.1. The molecule has 30 heavy (non-hydrogen) atoms. The van der Waals surface area contributed by atoms with Crippen LogP contribution in [0.2, 0.25) is 0 Å². The fraction of sp³-hybridized carbons (Fsp3) is 0.273. The van der Waals surface area contributed by atoms with Gasteiger partial charge in [-0.2, -0.15) is 5.26 Å². The molecular weight excluding hydrogens is 386 g/mol. The number of ketones is 1. The maximum absolute atomic E-state index is 12.6. The third-order valence-electron chi connectivity index (χ3n) is 4.55. The fourth-order valence-electron chi connectivity index (χ4n) is 3.05. The van der Waals surface area contributed by atoms with Crippen molar-refractivity contribution >= 4 is 11.8 Å². The summed E-state index contributed by atoms with van der Waals surface area (Å²) < 4.78 is 17.6. The smallest absolute Gasteiger partial charge is 0.347 e. The van der Waals surface area contributed by atoms with Crippen molar-refractivity contribution in [3.05, 3.63) is 64.7 Å². The number of benzene rings is 1. The summed E-state index contributed by atoms with van der Waals surface area (Å²) >= 11 is 0. The predicted octanol–water partition coefficient (Wildman–Crippen LogP) is 3.46. The van der Waals surface area contributed by atoms with E-state index in [1.807, 2.05) is 17.6 Å². The molecule has 8 nitrogen and oxygen atoms in total. The minimum absolute atomic E-state index is 0.325. The molecule has 8 heteroatoms. The average molecular weight is 407 g/mol. The van der Waals surface area contributed by atoms with Crippen LogP contribution in [0.25, 0.3) is 5.82 Å². The number of carbonyl (C=O) groups excluding carboxylic acids is 2. The molecule has 0 fully saturated rings. The summed E-state index contributed by atoms with van der Waals surface area (Å²) in [6.45, 7) is 6.57. The normalized spacial score (nSPS) is 11.6. The Labute approximate surface area is 173 Å². The second kappa shape index (κ2) is 8.66. The van der Waals surface area contributed by atoms with Crippen LogP contribution in [-0.4, -0.2) is 34.2 Å². The van der Waals surface area contributed by atoms with E-state index in [-0.39, 0.29) is 5.78 Å². The van der Waals surface area contributed by atoms with E-state index in [9.17, 15) is 9.59 Å². The van der Waals surface area contributed by atoms with E-state index in [2.05, 4.69) is 5.16 Å². The monoisotopic (exact) mass is 407 g/mol. The van der Waals surface area contributed by atoms with Crippen molar-refractivity contribution in [2.75, 3.05) is 6.61 Å². The van der Waals surface area contributed by atoms with E-state index in [0.29, 0.717) is 34.1 Å². The van der Waals surface area contributed by atoms with Crippen LogP contribution in [0.4, 0.5) is 0 Å². The molecule has 2 heterocycles. The molecule has 0 saturated heterocycles. The van der Waals surface area contributed by atoms with Crippen molar-refractivity contribution in [3.63, 3.8) is 0 Å². The third-order valence-corrected chi connectivity index (χ3v) is 4.55. The van der Waals surface area contributed by atoms with Crippen molar-refractivity contribution in [2.24, 2.45) is 0 Å². The van der Waals surface area contributed by atoms with E-state index in [1.54, 1.807) is 50.2 Å². The van der Waals surface area contributed by atoms with Crippen molar-refractivity contribution in [1.82, 2.24) is 9.72 Å². The summed E-state index contributed by atoms with van der Waals surface area (Å²) in [6.07, 6.45) is -0.906. The maximum atomic E-state index is 12.6. The molecule has 3 rings (SSSR count). The zero-order chi connectivity index (χ0) is 21.8. The van der Waals surface area contributed by atoms with Gasteiger partial charge < -0.3 is 14.0 Å². The zero-order valence-electron chi connectivity index (χ0n) is 17.1. The first-order valence-corrected chi connectivity index (χ1v) is 9.29. The number of hydrogen-bond donors (Lipinski definition) is 0. The largest absolute Gasteiger partial charge is 0.479 e. The van der Waals surface area contributed by atoms with Gasteiger partial charge in [0.25, 0.3) is 0 Å². The molecule has 0 N–H and O–H groups in total. The number of rotatable bonds is 7. The van der Waals surface area contributed by atoms with Crippen LogP contribution < -0.4 is 4.74 Å². The van der Waals surface area contributed by atoms with Crippen LogP contribution >= 0.6 is 0 Å². The summed E-state index contributed by atoms with van der Waals surface area (Å²) in [6, 6.07) is 11.9. The van der Waals surface area contributed by atoms with Crippen molar-refractivity contribution in [1.29, 1.82) is 5.26 Å². The molecule has 1 aromatic carbocycles. The second-order valence-electron chi connectivity index (χ2n) is 6.84. The van der Waals surface area contributed by atoms with Crippen molar-refractivity contribution in [3.8, 4) is 17.6 Å². The highest BCUT2D eigenvalue weighted by atomic mass is 16.6. The third kappa shape index (κ3) is 4.41. The van der Waals surface area contributed by atoms with Gasteiger partial charge in [0.2, 0.25) is 5.78 Å². The number of nitrogens with zero attached hydrogens (tertiary/aromatic N) is 3. The van der Waals surface area contributed by atoms with Gasteiger partial charge >= 0.3 is 5.97 Å². The summed E-state index contributed by atoms with van der Waals surface area (Å²) in [5, 5.41) is 12.8. The minimum atomic E-state index is -0.906. The van der Waals surface area contributed by atoms with Gasteiger partial charge in [-0.15, -0.1) is 0 Å². The van der Waals surface area contributed by atoms with Crippen molar-refractivity contribution in [2.45, 2.75) is 33.8 Å². The van der Waals surface area contributed by atoms with Gasteiger partial charge in [-0.3, -0.25) is 9.36 Å². The Hall–Kier alpha value is -3.86. The number of Topliss-reactive ketones (excluding diaryl/α,β-unsaturated/α-hetero) is 1. The summed E-state index contributed by atoms with van der Waals surface area (Å²) in [4.78, 5) is 24.8. The number of aryl methyl sites for hydroxylation is 2. The molecule has 0 radical (unpaired) electrons. The van der Waals surface area contributed by atoms with Crippen LogP contribution in [-0.2, 0) is 9.53 Å². The van der Waals surface area contributed by atoms with Gasteiger partial charge in [0.1, 0.15) is 11.5 Å². The lowest BCUT2D eigenvalue weighted by atomic mass is 10.1. The Balaban J connectivity index is 1.62. The molecule has 154 valence electrons. The first-order chi connectivity index (χ1) is 14.3. The topological polar surface area (TPSA) is 107 Å². The first-order valence-electron chi connectivity index (χ1n) is 9.29. The molecular formula is C22H21N3O5. The molecule has 0 aliphatic rings. The lowest BCUT2D eigenvalue weighted by Gasteiger charge is -2.13. The van der Waals surface area contributed by atoms with Gasteiger partial charge in [-0.05, 0) is 58.0 Å². The van der Waals surface area contributed by atoms with Gasteiger partial charge in [0, 0.05) is 23.0 Å². The highest BCUT2D eigenvalue weighted by molar-refractivity contribution is 5.99. The first kappa shape index (κ1) is 20.9. The Morgan fingerprint density at radius 2 is 1.90 bits per heavy atom. The predicted molar refractivity (Wildman–Crippen MR) is 107 cm³/mol. The summed E-state index contributed by atoms with van der Waals surface area (Å²) in [5.74, 6) is 0.692. The molecule has 3 aromatic rings. The van der Waals surface area contributed by atoms with Crippen LogP contribution in [0, 0.1) is 32.1 Å². The summed E-state index contributed by atoms with van der Waals surface area (Å²) in [7, 11) is 0. The number of aromatic nitrogens is 2. The Morgan fingerprint density at radius 3 is 2.50 bits per heavy atom. The molecule has 0 saturated carbocycles. The highest BCUT2D eigenvalue weighted by Gasteiger charge is 2.22. The van der Waals surface area contributed by atoms with Gasteiger partial charge in [0.05, 0.1) is 11.6 Å². The molecule has 0 bridgehead atoms. The minimum Gasteiger partial charge on any atom is -0.479 e. The van der Waals surface area contributed by atoms with E-state index in [1.165, 1.54) is 6.92 Å². The van der Waals surface area contributed by atoms with Crippen LogP contribution in [0.5, 0.6) is 5.75 Å². The molecule has 1 unspecified atom stereocenters. The molecule has 1 atom stereocenters. The lowest BCUT2D eigenvalue weighted by molar-refractivity contribution is -0.149. The average Bonchev–Trinajstić information content (AvgIpc) is 3.28. The standard InChI is InChI=1S/C22H21N3O5/c1-13-9-19(15(3)25(13)21-10-14(2)30-24-21)20(26)12-28-22(27)16(4)29-18-7-5-17(11-23)6-8-18/h5-10,16H,12H2,1-4H3. The number of ether oxygens (including phenoxy) is 2. The van der Waals surface area contributed by atoms with Gasteiger partial charge in [-0.1, -0.05) is 5.16 Å². The van der Waals surface area contributed by atoms with Crippen LogP contribution in [0.1, 0.15) is 40.0 Å². The summed E-state index contributed by atoms with van der Waals surface area (Å²) in [5.41, 5.74) is 2.43. The lowest BCUT2D eigenvalue weighted by Crippen LogP contribution is -2.28. The number of carbonyl (C=O) groups is 2. The Morgan fingerprint density at radius 1 is 1.20 bits per heavy atom. The molecule has 2 aromatic heterocycles. The van der Waals surface area contributed by atoms with Crippen LogP contribution in [0.3, 0.4) is 0 Å². The molecule has 0 spiro atoms. The van der Waals surface area contributed by atoms with E-state index in [0.717, 1.165) is 5.69 Å². The second-order valence-corrected chi connectivity index (χ2v) is 6.84. The highest BCUT2D eigenvalue weighted by Crippen LogP contribution is 2.21. The Kier molecular flexibility index (Phi) is 6.02. The SMILES string of the molecule is Cc1cc(-n2c(C)cc(C(=O)COC(=O)C(C)Oc3ccc(C#N)cc3)c2C)no1.